The molecule has 35 heavy (non-hydrogen) atoms. The van der Waals surface area contributed by atoms with Crippen LogP contribution >= 0.6 is 0 Å². The number of rotatable bonds is 23. The number of amides is 1. The summed E-state index contributed by atoms with van der Waals surface area (Å²) in [7, 11) is 0. The Bertz CT molecular complexity index is 586. The highest BCUT2D eigenvalue weighted by molar-refractivity contribution is 6.46. The number of ether oxygens (including phenoxy) is 1. The molecule has 0 spiro atoms. The summed E-state index contributed by atoms with van der Waals surface area (Å²) in [5.41, 5.74) is 0. The predicted molar refractivity (Wildman–Crippen MR) is 142 cm³/mol. The summed E-state index contributed by atoms with van der Waals surface area (Å²) in [5.74, 6) is -2.71. The van der Waals surface area contributed by atoms with Gasteiger partial charge in [0.05, 0.1) is 13.0 Å². The molecule has 0 aliphatic heterocycles. The highest BCUT2D eigenvalue weighted by atomic mass is 16.5. The lowest BCUT2D eigenvalue weighted by atomic mass is 9.95. The van der Waals surface area contributed by atoms with Crippen molar-refractivity contribution in [2.24, 2.45) is 11.8 Å². The standard InChI is InChI=1S/C29H53NO5/c1-6-11-14-15-16-17-20-35-29(34)27(32)21-26(31)28(33)30(22-24(9-4)18-12-7-2)23-25(10-5)19-13-8-3/h24-25H,6-23H2,1-5H3. The fourth-order valence-electron chi connectivity index (χ4n) is 4.30. The first kappa shape index (κ1) is 33.3. The summed E-state index contributed by atoms with van der Waals surface area (Å²) in [6.07, 6.45) is 13.8. The Morgan fingerprint density at radius 1 is 0.629 bits per heavy atom. The minimum atomic E-state index is -1.00. The molecule has 0 aliphatic carbocycles. The molecular formula is C29H53NO5. The number of esters is 1. The van der Waals surface area contributed by atoms with E-state index in [0.717, 1.165) is 70.6 Å². The van der Waals surface area contributed by atoms with Crippen LogP contribution in [0, 0.1) is 11.8 Å². The Morgan fingerprint density at radius 3 is 1.60 bits per heavy atom. The average Bonchev–Trinajstić information content (AvgIpc) is 2.86. The van der Waals surface area contributed by atoms with Crippen LogP contribution in [0.4, 0.5) is 0 Å². The number of nitrogens with zero attached hydrogens (tertiary/aromatic N) is 1. The van der Waals surface area contributed by atoms with E-state index in [2.05, 4.69) is 34.6 Å². The van der Waals surface area contributed by atoms with Crippen LogP contribution < -0.4 is 0 Å². The number of ketones is 2. The van der Waals surface area contributed by atoms with Crippen LogP contribution in [0.15, 0.2) is 0 Å². The molecule has 0 rings (SSSR count). The van der Waals surface area contributed by atoms with Gasteiger partial charge in [-0.3, -0.25) is 14.4 Å². The SMILES string of the molecule is CCCCCCCCOC(=O)C(=O)CC(=O)C(=O)N(CC(CC)CCCC)CC(CC)CCCC. The first-order valence-corrected chi connectivity index (χ1v) is 14.4. The first-order chi connectivity index (χ1) is 16.8. The van der Waals surface area contributed by atoms with Gasteiger partial charge in [0, 0.05) is 13.1 Å². The fourth-order valence-corrected chi connectivity index (χ4v) is 4.30. The molecule has 2 unspecified atom stereocenters. The summed E-state index contributed by atoms with van der Waals surface area (Å²) in [6, 6.07) is 0. The first-order valence-electron chi connectivity index (χ1n) is 14.4. The molecule has 0 N–H and O–H groups in total. The van der Waals surface area contributed by atoms with Gasteiger partial charge in [-0.15, -0.1) is 0 Å². The highest BCUT2D eigenvalue weighted by Crippen LogP contribution is 2.19. The maximum absolute atomic E-state index is 13.1. The Kier molecular flexibility index (Phi) is 20.5. The fraction of sp³-hybridized carbons (Fsp3) is 0.862. The van der Waals surface area contributed by atoms with Gasteiger partial charge in [0.1, 0.15) is 0 Å². The molecule has 2 atom stereocenters. The lowest BCUT2D eigenvalue weighted by Crippen LogP contribution is -2.43. The number of unbranched alkanes of at least 4 members (excludes halogenated alkanes) is 7. The molecule has 0 aromatic carbocycles. The molecule has 6 heteroatoms. The van der Waals surface area contributed by atoms with Gasteiger partial charge >= 0.3 is 5.97 Å². The lowest BCUT2D eigenvalue weighted by molar-refractivity contribution is -0.156. The zero-order valence-corrected chi connectivity index (χ0v) is 23.4. The van der Waals surface area contributed by atoms with Crippen molar-refractivity contribution in [2.75, 3.05) is 19.7 Å². The van der Waals surface area contributed by atoms with Gasteiger partial charge in [0.2, 0.25) is 11.6 Å². The van der Waals surface area contributed by atoms with E-state index >= 15 is 0 Å². The van der Waals surface area contributed by atoms with Crippen LogP contribution in [0.5, 0.6) is 0 Å². The third-order valence-corrected chi connectivity index (χ3v) is 6.85. The minimum absolute atomic E-state index is 0.177. The predicted octanol–water partition coefficient (Wildman–Crippen LogP) is 6.68. The van der Waals surface area contributed by atoms with E-state index in [1.807, 2.05) is 0 Å². The van der Waals surface area contributed by atoms with Crippen LogP contribution in [0.1, 0.15) is 131 Å². The van der Waals surface area contributed by atoms with Gasteiger partial charge in [0.25, 0.3) is 5.91 Å². The topological polar surface area (TPSA) is 80.8 Å². The highest BCUT2D eigenvalue weighted by Gasteiger charge is 2.29. The summed E-state index contributed by atoms with van der Waals surface area (Å²) < 4.78 is 5.04. The van der Waals surface area contributed by atoms with Crippen LogP contribution in [0.2, 0.25) is 0 Å². The second-order valence-corrected chi connectivity index (χ2v) is 9.97. The van der Waals surface area contributed by atoms with Crippen LogP contribution in [0.25, 0.3) is 0 Å². The van der Waals surface area contributed by atoms with Crippen LogP contribution in [-0.2, 0) is 23.9 Å². The second kappa shape index (κ2) is 21.6. The third-order valence-electron chi connectivity index (χ3n) is 6.85. The Labute approximate surface area is 214 Å². The number of hydrogen-bond acceptors (Lipinski definition) is 5. The largest absolute Gasteiger partial charge is 0.460 e. The van der Waals surface area contributed by atoms with Crippen molar-refractivity contribution in [1.29, 1.82) is 0 Å². The zero-order chi connectivity index (χ0) is 26.5. The van der Waals surface area contributed by atoms with Crippen molar-refractivity contribution >= 4 is 23.4 Å². The molecule has 0 saturated carbocycles. The maximum Gasteiger partial charge on any atom is 0.375 e. The van der Waals surface area contributed by atoms with E-state index in [9.17, 15) is 19.2 Å². The van der Waals surface area contributed by atoms with Crippen LogP contribution in [-0.4, -0.2) is 48.0 Å². The van der Waals surface area contributed by atoms with E-state index in [-0.39, 0.29) is 6.61 Å². The average molecular weight is 496 g/mol. The van der Waals surface area contributed by atoms with E-state index in [1.54, 1.807) is 4.90 Å². The summed E-state index contributed by atoms with van der Waals surface area (Å²) in [6.45, 7) is 11.9. The molecule has 0 aromatic heterocycles. The van der Waals surface area contributed by atoms with Crippen LogP contribution in [0.3, 0.4) is 0 Å². The van der Waals surface area contributed by atoms with Crippen molar-refractivity contribution in [1.82, 2.24) is 4.90 Å². The third kappa shape index (κ3) is 15.8. The molecule has 0 heterocycles. The van der Waals surface area contributed by atoms with Crippen molar-refractivity contribution in [3.63, 3.8) is 0 Å². The number of carbonyl (C=O) groups is 4. The summed E-state index contributed by atoms with van der Waals surface area (Å²) in [5, 5.41) is 0. The maximum atomic E-state index is 13.1. The smallest absolute Gasteiger partial charge is 0.375 e. The molecule has 0 bridgehead atoms. The van der Waals surface area contributed by atoms with Gasteiger partial charge in [-0.05, 0) is 31.1 Å². The molecule has 1 amide bonds. The van der Waals surface area contributed by atoms with Crippen molar-refractivity contribution in [3.05, 3.63) is 0 Å². The van der Waals surface area contributed by atoms with Crippen molar-refractivity contribution in [3.8, 4) is 0 Å². The number of carbonyl (C=O) groups excluding carboxylic acids is 4. The molecular weight excluding hydrogens is 442 g/mol. The molecule has 6 nitrogen and oxygen atoms in total. The van der Waals surface area contributed by atoms with E-state index in [0.29, 0.717) is 31.3 Å². The Hall–Kier alpha value is -1.72. The Morgan fingerprint density at radius 2 is 1.11 bits per heavy atom. The molecule has 0 radical (unpaired) electrons. The van der Waals surface area contributed by atoms with Crippen molar-refractivity contribution < 1.29 is 23.9 Å². The normalized spacial score (nSPS) is 12.7. The molecule has 0 aliphatic rings. The minimum Gasteiger partial charge on any atom is -0.460 e. The quantitative estimate of drug-likeness (QED) is 0.0683. The van der Waals surface area contributed by atoms with E-state index in [4.69, 9.17) is 4.74 Å². The van der Waals surface area contributed by atoms with Crippen molar-refractivity contribution in [2.45, 2.75) is 131 Å². The second-order valence-electron chi connectivity index (χ2n) is 9.97. The van der Waals surface area contributed by atoms with Gasteiger partial charge in [-0.1, -0.05) is 105 Å². The summed E-state index contributed by atoms with van der Waals surface area (Å²) >= 11 is 0. The lowest BCUT2D eigenvalue weighted by Gasteiger charge is -2.30. The van der Waals surface area contributed by atoms with Gasteiger partial charge < -0.3 is 9.64 Å². The van der Waals surface area contributed by atoms with Gasteiger partial charge in [0.15, 0.2) is 0 Å². The Balaban J connectivity index is 4.95. The molecule has 0 fully saturated rings. The summed E-state index contributed by atoms with van der Waals surface area (Å²) in [4.78, 5) is 51.8. The molecule has 0 aromatic rings. The van der Waals surface area contributed by atoms with Gasteiger partial charge in [-0.25, -0.2) is 4.79 Å². The van der Waals surface area contributed by atoms with E-state index < -0.39 is 29.9 Å². The number of hydrogen-bond donors (Lipinski definition) is 0. The van der Waals surface area contributed by atoms with Gasteiger partial charge in [-0.2, -0.15) is 0 Å². The number of Topliss-reactive ketones (excluding diaryl/α,β-unsaturated/α-hetero) is 2. The molecule has 0 saturated heterocycles. The molecule has 204 valence electrons. The zero-order valence-electron chi connectivity index (χ0n) is 23.4. The van der Waals surface area contributed by atoms with E-state index in [1.165, 1.54) is 12.8 Å². The monoisotopic (exact) mass is 495 g/mol.